The summed E-state index contributed by atoms with van der Waals surface area (Å²) in [5.41, 5.74) is 1.65. The maximum Gasteiger partial charge on any atom is 0.270 e. The highest BCUT2D eigenvalue weighted by molar-refractivity contribution is 7.09. The van der Waals surface area contributed by atoms with Crippen molar-refractivity contribution in [2.24, 2.45) is 0 Å². The van der Waals surface area contributed by atoms with Gasteiger partial charge < -0.3 is 15.2 Å². The van der Waals surface area contributed by atoms with Crippen molar-refractivity contribution in [2.45, 2.75) is 56.9 Å². The first kappa shape index (κ1) is 20.4. The van der Waals surface area contributed by atoms with E-state index in [2.05, 4.69) is 20.2 Å². The molecule has 0 aliphatic carbocycles. The van der Waals surface area contributed by atoms with Gasteiger partial charge in [-0.2, -0.15) is 0 Å². The normalized spacial score (nSPS) is 27.1. The summed E-state index contributed by atoms with van der Waals surface area (Å²) < 4.78 is 6.15. The Morgan fingerprint density at radius 3 is 2.86 bits per heavy atom. The lowest BCUT2D eigenvalue weighted by atomic mass is 9.73. The fourth-order valence-electron chi connectivity index (χ4n) is 4.43. The average molecular weight is 417 g/mol. The predicted molar refractivity (Wildman–Crippen MR) is 111 cm³/mol. The zero-order chi connectivity index (χ0) is 20.5. The number of aromatic nitrogens is 2. The SMILES string of the molecule is Cc1cccc(C(=O)N[C@]2(C)CCOC3(CCN(Cc4cncs4)CC3)[C@H]2O)n1. The first-order chi connectivity index (χ1) is 13.9. The number of nitrogens with one attached hydrogen (secondary N) is 1. The highest BCUT2D eigenvalue weighted by Crippen LogP contribution is 2.40. The highest BCUT2D eigenvalue weighted by atomic mass is 32.1. The van der Waals surface area contributed by atoms with Crippen molar-refractivity contribution < 1.29 is 14.6 Å². The number of aryl methyl sites for hydroxylation is 1. The summed E-state index contributed by atoms with van der Waals surface area (Å²) in [4.78, 5) is 24.8. The Balaban J connectivity index is 1.43. The molecular weight excluding hydrogens is 388 g/mol. The zero-order valence-corrected chi connectivity index (χ0v) is 17.7. The van der Waals surface area contributed by atoms with Gasteiger partial charge in [0.15, 0.2) is 0 Å². The van der Waals surface area contributed by atoms with Gasteiger partial charge in [0.05, 0.1) is 16.7 Å². The number of likely N-dealkylation sites (tertiary alicyclic amines) is 1. The van der Waals surface area contributed by atoms with Crippen molar-refractivity contribution in [3.63, 3.8) is 0 Å². The Hall–Kier alpha value is -1.87. The van der Waals surface area contributed by atoms with Crippen molar-refractivity contribution in [1.82, 2.24) is 20.2 Å². The molecule has 1 spiro atoms. The molecule has 29 heavy (non-hydrogen) atoms. The molecule has 2 N–H and O–H groups in total. The number of thiazole rings is 1. The van der Waals surface area contributed by atoms with E-state index in [0.717, 1.165) is 38.2 Å². The number of rotatable bonds is 4. The molecule has 4 heterocycles. The third-order valence-electron chi connectivity index (χ3n) is 6.20. The molecule has 2 aliphatic rings. The molecule has 0 radical (unpaired) electrons. The number of hydrogen-bond acceptors (Lipinski definition) is 7. The van der Waals surface area contributed by atoms with Crippen LogP contribution in [0.15, 0.2) is 29.9 Å². The molecule has 1 amide bonds. The Kier molecular flexibility index (Phi) is 5.70. The summed E-state index contributed by atoms with van der Waals surface area (Å²) in [5.74, 6) is -0.255. The Morgan fingerprint density at radius 2 is 2.17 bits per heavy atom. The number of piperidine rings is 1. The number of carbonyl (C=O) groups excluding carboxylic acids is 1. The van der Waals surface area contributed by atoms with E-state index in [1.54, 1.807) is 17.4 Å². The molecule has 2 aromatic rings. The van der Waals surface area contributed by atoms with Crippen molar-refractivity contribution in [3.05, 3.63) is 46.2 Å². The first-order valence-corrected chi connectivity index (χ1v) is 11.0. The van der Waals surface area contributed by atoms with Gasteiger partial charge in [-0.1, -0.05) is 6.07 Å². The van der Waals surface area contributed by atoms with E-state index in [-0.39, 0.29) is 5.91 Å². The first-order valence-electron chi connectivity index (χ1n) is 10.1. The third-order valence-corrected chi connectivity index (χ3v) is 6.96. The zero-order valence-electron chi connectivity index (χ0n) is 16.9. The smallest absolute Gasteiger partial charge is 0.270 e. The monoisotopic (exact) mass is 416 g/mol. The quantitative estimate of drug-likeness (QED) is 0.794. The minimum absolute atomic E-state index is 0.255. The minimum Gasteiger partial charge on any atom is -0.388 e. The second-order valence-electron chi connectivity index (χ2n) is 8.35. The van der Waals surface area contributed by atoms with Crippen LogP contribution in [-0.2, 0) is 11.3 Å². The molecule has 7 nitrogen and oxygen atoms in total. The molecule has 2 aliphatic heterocycles. The van der Waals surface area contributed by atoms with Crippen molar-refractivity contribution in [3.8, 4) is 0 Å². The number of pyridine rings is 1. The van der Waals surface area contributed by atoms with Gasteiger partial charge in [-0.3, -0.25) is 14.7 Å². The lowest BCUT2D eigenvalue weighted by Gasteiger charge is -2.53. The third kappa shape index (κ3) is 4.21. The lowest BCUT2D eigenvalue weighted by Crippen LogP contribution is -2.69. The van der Waals surface area contributed by atoms with Crippen LogP contribution >= 0.6 is 11.3 Å². The fourth-order valence-corrected chi connectivity index (χ4v) is 5.07. The number of carbonyl (C=O) groups is 1. The predicted octanol–water partition coefficient (Wildman–Crippen LogP) is 2.15. The van der Waals surface area contributed by atoms with Crippen LogP contribution in [0.1, 0.15) is 47.2 Å². The molecule has 2 aromatic heterocycles. The summed E-state index contributed by atoms with van der Waals surface area (Å²) in [6.45, 7) is 6.86. The summed E-state index contributed by atoms with van der Waals surface area (Å²) in [7, 11) is 0. The van der Waals surface area contributed by atoms with Crippen LogP contribution in [0.5, 0.6) is 0 Å². The van der Waals surface area contributed by atoms with Crippen LogP contribution in [0.2, 0.25) is 0 Å². The van der Waals surface area contributed by atoms with E-state index in [0.29, 0.717) is 18.7 Å². The summed E-state index contributed by atoms with van der Waals surface area (Å²) in [6, 6.07) is 5.38. The minimum atomic E-state index is -0.775. The van der Waals surface area contributed by atoms with Gasteiger partial charge in [-0.15, -0.1) is 11.3 Å². The summed E-state index contributed by atoms with van der Waals surface area (Å²) >= 11 is 1.66. The Morgan fingerprint density at radius 1 is 1.38 bits per heavy atom. The van der Waals surface area contributed by atoms with Gasteiger partial charge in [0.2, 0.25) is 0 Å². The van der Waals surface area contributed by atoms with Crippen molar-refractivity contribution in [2.75, 3.05) is 19.7 Å². The number of ether oxygens (including phenoxy) is 1. The lowest BCUT2D eigenvalue weighted by molar-refractivity contribution is -0.205. The van der Waals surface area contributed by atoms with Gasteiger partial charge in [-0.05, 0) is 45.2 Å². The van der Waals surface area contributed by atoms with Gasteiger partial charge in [0.1, 0.15) is 11.8 Å². The molecule has 0 aromatic carbocycles. The van der Waals surface area contributed by atoms with E-state index in [1.807, 2.05) is 37.7 Å². The maximum absolute atomic E-state index is 12.8. The van der Waals surface area contributed by atoms with E-state index in [9.17, 15) is 9.90 Å². The van der Waals surface area contributed by atoms with Crippen molar-refractivity contribution >= 4 is 17.2 Å². The number of amides is 1. The molecule has 4 rings (SSSR count). The summed E-state index contributed by atoms with van der Waals surface area (Å²) in [5, 5.41) is 14.4. The van der Waals surface area contributed by atoms with Gasteiger partial charge in [0.25, 0.3) is 5.91 Å². The largest absolute Gasteiger partial charge is 0.388 e. The number of aliphatic hydroxyl groups excluding tert-OH is 1. The molecule has 0 saturated carbocycles. The molecule has 156 valence electrons. The van der Waals surface area contributed by atoms with E-state index in [1.165, 1.54) is 4.88 Å². The number of nitrogens with zero attached hydrogens (tertiary/aromatic N) is 3. The van der Waals surface area contributed by atoms with Crippen LogP contribution in [0, 0.1) is 6.92 Å². The molecule has 2 saturated heterocycles. The number of aliphatic hydroxyl groups is 1. The van der Waals surface area contributed by atoms with Crippen LogP contribution in [0.4, 0.5) is 0 Å². The molecule has 2 atom stereocenters. The Labute approximate surface area is 175 Å². The molecule has 2 fully saturated rings. The van der Waals surface area contributed by atoms with Crippen LogP contribution in [-0.4, -0.2) is 62.8 Å². The highest BCUT2D eigenvalue weighted by Gasteiger charge is 2.53. The van der Waals surface area contributed by atoms with Gasteiger partial charge >= 0.3 is 0 Å². The molecule has 0 bridgehead atoms. The second kappa shape index (κ2) is 8.10. The van der Waals surface area contributed by atoms with Crippen LogP contribution < -0.4 is 5.32 Å². The van der Waals surface area contributed by atoms with Crippen molar-refractivity contribution in [1.29, 1.82) is 0 Å². The second-order valence-corrected chi connectivity index (χ2v) is 9.32. The van der Waals surface area contributed by atoms with E-state index < -0.39 is 17.2 Å². The standard InChI is InChI=1S/C21H28N4O3S/c1-15-4-3-5-17(23-15)18(26)24-20(2)8-11-28-21(19(20)27)6-9-25(10-7-21)13-16-12-22-14-29-16/h3-5,12,14,19,27H,6-11,13H2,1-2H3,(H,24,26)/t19-,20+/m0/s1. The Bertz CT molecular complexity index is 851. The van der Waals surface area contributed by atoms with Crippen LogP contribution in [0.3, 0.4) is 0 Å². The average Bonchev–Trinajstić information content (AvgIpc) is 3.21. The van der Waals surface area contributed by atoms with Gasteiger partial charge in [-0.25, -0.2) is 4.98 Å². The molecule has 8 heteroatoms. The van der Waals surface area contributed by atoms with Gasteiger partial charge in [0, 0.05) is 43.0 Å². The fraction of sp³-hybridized carbons (Fsp3) is 0.571. The molecular formula is C21H28N4O3S. The van der Waals surface area contributed by atoms with E-state index >= 15 is 0 Å². The van der Waals surface area contributed by atoms with E-state index in [4.69, 9.17) is 4.74 Å². The number of hydrogen-bond donors (Lipinski definition) is 2. The van der Waals surface area contributed by atoms with Crippen LogP contribution in [0.25, 0.3) is 0 Å². The molecule has 0 unspecified atom stereocenters. The topological polar surface area (TPSA) is 87.6 Å². The maximum atomic E-state index is 12.8. The summed E-state index contributed by atoms with van der Waals surface area (Å²) in [6.07, 6.45) is 3.18.